The van der Waals surface area contributed by atoms with Crippen LogP contribution in [0, 0.1) is 5.92 Å². The minimum atomic E-state index is 0.451. The molecule has 2 heteroatoms. The molecule has 0 radical (unpaired) electrons. The Balaban J connectivity index is 1.98. The van der Waals surface area contributed by atoms with E-state index in [9.17, 15) is 0 Å². The van der Waals surface area contributed by atoms with Gasteiger partial charge < -0.3 is 5.32 Å². The molecule has 0 spiro atoms. The molecule has 1 aliphatic rings. The Morgan fingerprint density at radius 2 is 1.86 bits per heavy atom. The van der Waals surface area contributed by atoms with Gasteiger partial charge in [-0.05, 0) is 36.3 Å². The SMILES string of the molecule is CCNC(c1cncc2ccccc12)C1CCCCCC1. The van der Waals surface area contributed by atoms with Gasteiger partial charge >= 0.3 is 0 Å². The van der Waals surface area contributed by atoms with E-state index in [1.807, 2.05) is 6.20 Å². The van der Waals surface area contributed by atoms with Crippen LogP contribution >= 0.6 is 0 Å². The van der Waals surface area contributed by atoms with Gasteiger partial charge in [-0.3, -0.25) is 4.98 Å². The van der Waals surface area contributed by atoms with Crippen LogP contribution < -0.4 is 5.32 Å². The van der Waals surface area contributed by atoms with E-state index >= 15 is 0 Å². The van der Waals surface area contributed by atoms with E-state index in [1.54, 1.807) is 0 Å². The van der Waals surface area contributed by atoms with E-state index in [0.717, 1.165) is 12.5 Å². The van der Waals surface area contributed by atoms with Crippen molar-refractivity contribution in [3.63, 3.8) is 0 Å². The molecule has 0 amide bonds. The van der Waals surface area contributed by atoms with Crippen LogP contribution in [0.25, 0.3) is 10.8 Å². The third kappa shape index (κ3) is 3.26. The molecular weight excluding hydrogens is 256 g/mol. The first-order chi connectivity index (χ1) is 10.4. The Morgan fingerprint density at radius 3 is 2.62 bits per heavy atom. The summed E-state index contributed by atoms with van der Waals surface area (Å²) in [4.78, 5) is 4.49. The van der Waals surface area contributed by atoms with E-state index in [2.05, 4.69) is 47.7 Å². The van der Waals surface area contributed by atoms with Gasteiger partial charge in [0.2, 0.25) is 0 Å². The standard InChI is InChI=1S/C19H26N2/c1-2-21-19(15-9-5-3-4-6-10-15)18-14-20-13-16-11-7-8-12-17(16)18/h7-8,11-15,19,21H,2-6,9-10H2,1H3. The van der Waals surface area contributed by atoms with Crippen molar-refractivity contribution in [3.8, 4) is 0 Å². The van der Waals surface area contributed by atoms with Crippen molar-refractivity contribution in [2.45, 2.75) is 51.5 Å². The maximum atomic E-state index is 4.49. The summed E-state index contributed by atoms with van der Waals surface area (Å²) < 4.78 is 0. The van der Waals surface area contributed by atoms with E-state index in [-0.39, 0.29) is 0 Å². The van der Waals surface area contributed by atoms with Gasteiger partial charge in [0.05, 0.1) is 0 Å². The van der Waals surface area contributed by atoms with E-state index in [1.165, 1.54) is 54.9 Å². The first-order valence-corrected chi connectivity index (χ1v) is 8.46. The van der Waals surface area contributed by atoms with Crippen LogP contribution in [0.3, 0.4) is 0 Å². The Hall–Kier alpha value is -1.41. The molecule has 2 aromatic rings. The van der Waals surface area contributed by atoms with E-state index in [4.69, 9.17) is 0 Å². The van der Waals surface area contributed by atoms with Crippen LogP contribution in [-0.4, -0.2) is 11.5 Å². The monoisotopic (exact) mass is 282 g/mol. The van der Waals surface area contributed by atoms with Crippen LogP contribution in [0.15, 0.2) is 36.7 Å². The fraction of sp³-hybridized carbons (Fsp3) is 0.526. The zero-order valence-corrected chi connectivity index (χ0v) is 13.0. The van der Waals surface area contributed by atoms with Crippen molar-refractivity contribution >= 4 is 10.8 Å². The van der Waals surface area contributed by atoms with Crippen molar-refractivity contribution in [3.05, 3.63) is 42.2 Å². The fourth-order valence-corrected chi connectivity index (χ4v) is 3.78. The highest BCUT2D eigenvalue weighted by Crippen LogP contribution is 2.35. The maximum absolute atomic E-state index is 4.49. The highest BCUT2D eigenvalue weighted by Gasteiger charge is 2.25. The minimum Gasteiger partial charge on any atom is -0.310 e. The maximum Gasteiger partial charge on any atom is 0.0370 e. The molecule has 1 aromatic carbocycles. The zero-order valence-electron chi connectivity index (χ0n) is 13.0. The van der Waals surface area contributed by atoms with Crippen LogP contribution in [0.5, 0.6) is 0 Å². The molecule has 1 heterocycles. The quantitative estimate of drug-likeness (QED) is 0.810. The Kier molecular flexibility index (Phi) is 4.87. The first kappa shape index (κ1) is 14.5. The summed E-state index contributed by atoms with van der Waals surface area (Å²) in [7, 11) is 0. The third-order valence-corrected chi connectivity index (χ3v) is 4.83. The van der Waals surface area contributed by atoms with Crippen molar-refractivity contribution in [1.29, 1.82) is 0 Å². The fourth-order valence-electron chi connectivity index (χ4n) is 3.78. The number of aromatic nitrogens is 1. The molecule has 1 fully saturated rings. The van der Waals surface area contributed by atoms with Gasteiger partial charge in [-0.25, -0.2) is 0 Å². The normalized spacial score (nSPS) is 18.5. The number of pyridine rings is 1. The first-order valence-electron chi connectivity index (χ1n) is 8.46. The molecular formula is C19H26N2. The lowest BCUT2D eigenvalue weighted by atomic mass is 9.86. The summed E-state index contributed by atoms with van der Waals surface area (Å²) in [6, 6.07) is 9.10. The number of benzene rings is 1. The van der Waals surface area contributed by atoms with Gasteiger partial charge in [-0.15, -0.1) is 0 Å². The minimum absolute atomic E-state index is 0.451. The van der Waals surface area contributed by atoms with E-state index in [0.29, 0.717) is 6.04 Å². The van der Waals surface area contributed by atoms with Crippen molar-refractivity contribution < 1.29 is 0 Å². The predicted molar refractivity (Wildman–Crippen MR) is 89.4 cm³/mol. The second-order valence-corrected chi connectivity index (χ2v) is 6.24. The second kappa shape index (κ2) is 7.04. The lowest BCUT2D eigenvalue weighted by molar-refractivity contribution is 0.331. The topological polar surface area (TPSA) is 24.9 Å². The number of rotatable bonds is 4. The van der Waals surface area contributed by atoms with Gasteiger partial charge in [0.1, 0.15) is 0 Å². The number of hydrogen-bond acceptors (Lipinski definition) is 2. The molecule has 1 aromatic heterocycles. The molecule has 0 aliphatic heterocycles. The number of hydrogen-bond donors (Lipinski definition) is 1. The predicted octanol–water partition coefficient (Wildman–Crippen LogP) is 4.86. The molecule has 21 heavy (non-hydrogen) atoms. The van der Waals surface area contributed by atoms with Gasteiger partial charge in [0.15, 0.2) is 0 Å². The van der Waals surface area contributed by atoms with Crippen LogP contribution in [0.2, 0.25) is 0 Å². The smallest absolute Gasteiger partial charge is 0.0370 e. The molecule has 1 saturated carbocycles. The Bertz CT molecular complexity index is 565. The number of fused-ring (bicyclic) bond motifs is 1. The molecule has 112 valence electrons. The molecule has 0 saturated heterocycles. The number of nitrogens with one attached hydrogen (secondary N) is 1. The average molecular weight is 282 g/mol. The van der Waals surface area contributed by atoms with Crippen LogP contribution in [0.1, 0.15) is 57.1 Å². The van der Waals surface area contributed by atoms with E-state index < -0.39 is 0 Å². The summed E-state index contributed by atoms with van der Waals surface area (Å²) in [5.74, 6) is 0.750. The van der Waals surface area contributed by atoms with Gasteiger partial charge in [0.25, 0.3) is 0 Å². The average Bonchev–Trinajstić information content (AvgIpc) is 2.81. The number of nitrogens with zero attached hydrogens (tertiary/aromatic N) is 1. The van der Waals surface area contributed by atoms with Gasteiger partial charge in [-0.1, -0.05) is 56.9 Å². The Morgan fingerprint density at radius 1 is 1.10 bits per heavy atom. The molecule has 1 unspecified atom stereocenters. The lowest BCUT2D eigenvalue weighted by Crippen LogP contribution is -2.28. The highest BCUT2D eigenvalue weighted by molar-refractivity contribution is 5.85. The van der Waals surface area contributed by atoms with Crippen LogP contribution in [0.4, 0.5) is 0 Å². The molecule has 1 atom stereocenters. The van der Waals surface area contributed by atoms with Gasteiger partial charge in [-0.2, -0.15) is 0 Å². The van der Waals surface area contributed by atoms with Crippen molar-refractivity contribution in [1.82, 2.24) is 10.3 Å². The molecule has 3 rings (SSSR count). The molecule has 2 nitrogen and oxygen atoms in total. The summed E-state index contributed by atoms with van der Waals surface area (Å²) in [6.45, 7) is 3.23. The highest BCUT2D eigenvalue weighted by atomic mass is 14.9. The van der Waals surface area contributed by atoms with Crippen LogP contribution in [-0.2, 0) is 0 Å². The van der Waals surface area contributed by atoms with Crippen molar-refractivity contribution in [2.75, 3.05) is 6.54 Å². The Labute approximate surface area is 128 Å². The van der Waals surface area contributed by atoms with Crippen molar-refractivity contribution in [2.24, 2.45) is 5.92 Å². The molecule has 0 bridgehead atoms. The zero-order chi connectivity index (χ0) is 14.5. The van der Waals surface area contributed by atoms with Gasteiger partial charge in [0, 0.05) is 23.8 Å². The summed E-state index contributed by atoms with van der Waals surface area (Å²) in [5.41, 5.74) is 1.39. The third-order valence-electron chi connectivity index (χ3n) is 4.83. The molecule has 1 N–H and O–H groups in total. The summed E-state index contributed by atoms with van der Waals surface area (Å²) in [6.07, 6.45) is 12.3. The summed E-state index contributed by atoms with van der Waals surface area (Å²) >= 11 is 0. The largest absolute Gasteiger partial charge is 0.310 e. The molecule has 1 aliphatic carbocycles. The lowest BCUT2D eigenvalue weighted by Gasteiger charge is -2.28. The summed E-state index contributed by atoms with van der Waals surface area (Å²) in [5, 5.41) is 6.37. The second-order valence-electron chi connectivity index (χ2n) is 6.24.